The van der Waals surface area contributed by atoms with E-state index in [0.29, 0.717) is 29.8 Å². The van der Waals surface area contributed by atoms with E-state index < -0.39 is 0 Å². The summed E-state index contributed by atoms with van der Waals surface area (Å²) in [5.41, 5.74) is 0.861. The molecule has 1 aromatic carbocycles. The fourth-order valence-corrected chi connectivity index (χ4v) is 3.22. The molecule has 0 aliphatic carbocycles. The van der Waals surface area contributed by atoms with Crippen LogP contribution in [-0.2, 0) is 4.79 Å². The number of carbonyl (C=O) groups is 1. The van der Waals surface area contributed by atoms with Crippen LogP contribution in [0.5, 0.6) is 0 Å². The highest BCUT2D eigenvalue weighted by molar-refractivity contribution is 9.10. The van der Waals surface area contributed by atoms with Crippen molar-refractivity contribution in [3.8, 4) is 11.4 Å². The summed E-state index contributed by atoms with van der Waals surface area (Å²) in [6.07, 6.45) is 0. The maximum absolute atomic E-state index is 12.0. The largest absolute Gasteiger partial charge is 0.343 e. The number of hydrogen-bond acceptors (Lipinski definition) is 5. The van der Waals surface area contributed by atoms with Gasteiger partial charge >= 0.3 is 0 Å². The second-order valence-corrected chi connectivity index (χ2v) is 6.31. The van der Waals surface area contributed by atoms with Crippen LogP contribution in [-0.4, -0.2) is 44.5 Å². The van der Waals surface area contributed by atoms with E-state index in [9.17, 15) is 4.79 Å². The molecular formula is C14H18BrN5OS. The first-order chi connectivity index (χ1) is 10.6. The lowest BCUT2D eigenvalue weighted by atomic mass is 10.2. The molecule has 8 heteroatoms. The van der Waals surface area contributed by atoms with Gasteiger partial charge < -0.3 is 10.7 Å². The maximum atomic E-state index is 12.0. The molecule has 118 valence electrons. The van der Waals surface area contributed by atoms with Crippen molar-refractivity contribution in [3.05, 3.63) is 28.7 Å². The summed E-state index contributed by atoms with van der Waals surface area (Å²) in [6.45, 7) is 5.33. The van der Waals surface area contributed by atoms with Gasteiger partial charge in [0.2, 0.25) is 11.1 Å². The summed E-state index contributed by atoms with van der Waals surface area (Å²) in [7, 11) is 0. The van der Waals surface area contributed by atoms with E-state index in [0.717, 1.165) is 10.0 Å². The van der Waals surface area contributed by atoms with Gasteiger partial charge in [-0.05, 0) is 26.0 Å². The van der Waals surface area contributed by atoms with E-state index in [2.05, 4.69) is 26.1 Å². The molecular weight excluding hydrogens is 366 g/mol. The van der Waals surface area contributed by atoms with E-state index in [-0.39, 0.29) is 5.91 Å². The molecule has 2 aromatic rings. The highest BCUT2D eigenvalue weighted by Crippen LogP contribution is 2.27. The number of halogens is 1. The predicted molar refractivity (Wildman–Crippen MR) is 92.0 cm³/mol. The molecule has 2 N–H and O–H groups in total. The number of nitrogen functional groups attached to an aromatic ring is 1. The second-order valence-electron chi connectivity index (χ2n) is 4.51. The standard InChI is InChI=1S/C14H18BrN5OS/c1-3-19(4-2)12(21)9-22-14-18-17-13(20(14)16)10-7-5-6-8-11(10)15/h5-8H,3-4,9,16H2,1-2H3. The Labute approximate surface area is 142 Å². The lowest BCUT2D eigenvalue weighted by Gasteiger charge is -2.17. The third kappa shape index (κ3) is 3.61. The Morgan fingerprint density at radius 2 is 2.00 bits per heavy atom. The molecule has 1 amide bonds. The maximum Gasteiger partial charge on any atom is 0.233 e. The molecule has 1 aromatic heterocycles. The predicted octanol–water partition coefficient (Wildman–Crippen LogP) is 2.38. The SMILES string of the molecule is CCN(CC)C(=O)CSc1nnc(-c2ccccc2Br)n1N. The van der Waals surface area contributed by atoms with E-state index in [1.54, 1.807) is 4.90 Å². The van der Waals surface area contributed by atoms with Gasteiger partial charge in [-0.3, -0.25) is 4.79 Å². The summed E-state index contributed by atoms with van der Waals surface area (Å²) < 4.78 is 2.31. The molecule has 0 radical (unpaired) electrons. The van der Waals surface area contributed by atoms with Crippen molar-refractivity contribution in [2.75, 3.05) is 24.7 Å². The van der Waals surface area contributed by atoms with Crippen LogP contribution in [0.3, 0.4) is 0 Å². The fourth-order valence-electron chi connectivity index (χ4n) is 2.00. The summed E-state index contributed by atoms with van der Waals surface area (Å²) >= 11 is 4.77. The zero-order valence-corrected chi connectivity index (χ0v) is 14.9. The van der Waals surface area contributed by atoms with Crippen molar-refractivity contribution in [2.45, 2.75) is 19.0 Å². The van der Waals surface area contributed by atoms with Gasteiger partial charge in [0, 0.05) is 23.1 Å². The Morgan fingerprint density at radius 1 is 1.32 bits per heavy atom. The molecule has 0 spiro atoms. The molecule has 0 saturated carbocycles. The average Bonchev–Trinajstić information content (AvgIpc) is 2.88. The Morgan fingerprint density at radius 3 is 2.64 bits per heavy atom. The van der Waals surface area contributed by atoms with E-state index in [1.807, 2.05) is 38.1 Å². The number of carbonyl (C=O) groups excluding carboxylic acids is 1. The van der Waals surface area contributed by atoms with Crippen LogP contribution >= 0.6 is 27.7 Å². The lowest BCUT2D eigenvalue weighted by Crippen LogP contribution is -2.32. The van der Waals surface area contributed by atoms with Crippen LogP contribution in [0.2, 0.25) is 0 Å². The molecule has 2 rings (SSSR count). The minimum absolute atomic E-state index is 0.0699. The summed E-state index contributed by atoms with van der Waals surface area (Å²) in [5, 5.41) is 8.72. The van der Waals surface area contributed by atoms with Crippen molar-refractivity contribution < 1.29 is 4.79 Å². The Balaban J connectivity index is 2.12. The van der Waals surface area contributed by atoms with Gasteiger partial charge in [0.15, 0.2) is 5.82 Å². The number of thioether (sulfide) groups is 1. The van der Waals surface area contributed by atoms with E-state index in [1.165, 1.54) is 16.4 Å². The molecule has 22 heavy (non-hydrogen) atoms. The first-order valence-corrected chi connectivity index (χ1v) is 8.72. The van der Waals surface area contributed by atoms with Crippen LogP contribution in [0.15, 0.2) is 33.9 Å². The monoisotopic (exact) mass is 383 g/mol. The summed E-state index contributed by atoms with van der Waals surface area (Å²) in [5.74, 6) is 6.99. The third-order valence-electron chi connectivity index (χ3n) is 3.22. The Kier molecular flexibility index (Phi) is 5.84. The van der Waals surface area contributed by atoms with Crippen molar-refractivity contribution in [1.29, 1.82) is 0 Å². The fraction of sp³-hybridized carbons (Fsp3) is 0.357. The quantitative estimate of drug-likeness (QED) is 0.611. The number of nitrogens with zero attached hydrogens (tertiary/aromatic N) is 4. The minimum Gasteiger partial charge on any atom is -0.343 e. The molecule has 0 aliphatic rings. The van der Waals surface area contributed by atoms with Gasteiger partial charge in [-0.2, -0.15) is 0 Å². The van der Waals surface area contributed by atoms with Gasteiger partial charge in [-0.1, -0.05) is 39.8 Å². The topological polar surface area (TPSA) is 77.0 Å². The average molecular weight is 384 g/mol. The highest BCUT2D eigenvalue weighted by atomic mass is 79.9. The zero-order valence-electron chi connectivity index (χ0n) is 12.5. The summed E-state index contributed by atoms with van der Waals surface area (Å²) in [4.78, 5) is 13.8. The van der Waals surface area contributed by atoms with Gasteiger partial charge in [0.1, 0.15) is 0 Å². The molecule has 0 unspecified atom stereocenters. The van der Waals surface area contributed by atoms with Crippen molar-refractivity contribution in [1.82, 2.24) is 19.8 Å². The van der Waals surface area contributed by atoms with Crippen molar-refractivity contribution in [2.24, 2.45) is 0 Å². The number of nitrogens with two attached hydrogens (primary N) is 1. The molecule has 6 nitrogen and oxygen atoms in total. The third-order valence-corrected chi connectivity index (χ3v) is 4.84. The van der Waals surface area contributed by atoms with Gasteiger partial charge in [0.25, 0.3) is 0 Å². The Hall–Kier alpha value is -1.54. The second kappa shape index (κ2) is 7.64. The van der Waals surface area contributed by atoms with Crippen LogP contribution in [0.1, 0.15) is 13.8 Å². The normalized spacial score (nSPS) is 10.7. The number of rotatable bonds is 6. The van der Waals surface area contributed by atoms with Crippen molar-refractivity contribution >= 4 is 33.6 Å². The van der Waals surface area contributed by atoms with Crippen molar-refractivity contribution in [3.63, 3.8) is 0 Å². The first kappa shape index (κ1) is 16.8. The molecule has 1 heterocycles. The molecule has 0 saturated heterocycles. The zero-order chi connectivity index (χ0) is 16.1. The smallest absolute Gasteiger partial charge is 0.233 e. The van der Waals surface area contributed by atoms with Crippen LogP contribution in [0.25, 0.3) is 11.4 Å². The van der Waals surface area contributed by atoms with Crippen LogP contribution in [0.4, 0.5) is 0 Å². The van der Waals surface area contributed by atoms with Gasteiger partial charge in [-0.15, -0.1) is 10.2 Å². The first-order valence-electron chi connectivity index (χ1n) is 6.94. The molecule has 0 fully saturated rings. The molecule has 0 aliphatic heterocycles. The van der Waals surface area contributed by atoms with Crippen LogP contribution in [0, 0.1) is 0 Å². The molecule has 0 bridgehead atoms. The molecule has 0 atom stereocenters. The number of hydrogen-bond donors (Lipinski definition) is 1. The number of benzene rings is 1. The van der Waals surface area contributed by atoms with Gasteiger partial charge in [-0.25, -0.2) is 4.68 Å². The van der Waals surface area contributed by atoms with Gasteiger partial charge in [0.05, 0.1) is 5.75 Å². The summed E-state index contributed by atoms with van der Waals surface area (Å²) in [6, 6.07) is 7.66. The Bertz CT molecular complexity index is 656. The number of aromatic nitrogens is 3. The van der Waals surface area contributed by atoms with E-state index in [4.69, 9.17) is 5.84 Å². The van der Waals surface area contributed by atoms with Crippen LogP contribution < -0.4 is 5.84 Å². The highest BCUT2D eigenvalue weighted by Gasteiger charge is 2.16. The minimum atomic E-state index is 0.0699. The lowest BCUT2D eigenvalue weighted by molar-refractivity contribution is -0.127. The van der Waals surface area contributed by atoms with E-state index >= 15 is 0 Å². The number of amides is 1.